The molecule has 146 valence electrons. The van der Waals surface area contributed by atoms with Crippen molar-refractivity contribution in [3.8, 4) is 0 Å². The minimum absolute atomic E-state index is 0.114. The molecule has 5 heteroatoms. The number of rotatable bonds is 4. The van der Waals surface area contributed by atoms with Crippen molar-refractivity contribution in [2.24, 2.45) is 5.92 Å². The quantitative estimate of drug-likeness (QED) is 0.871. The zero-order valence-corrected chi connectivity index (χ0v) is 16.2. The third kappa shape index (κ3) is 4.12. The van der Waals surface area contributed by atoms with Crippen molar-refractivity contribution in [1.82, 2.24) is 4.90 Å². The topological polar surface area (TPSA) is 52.7 Å². The molecule has 4 rings (SSSR count). The van der Waals surface area contributed by atoms with Crippen LogP contribution < -0.4 is 10.2 Å². The molecule has 1 N–H and O–H groups in total. The minimum Gasteiger partial charge on any atom is -0.371 e. The van der Waals surface area contributed by atoms with Crippen LogP contribution in [0.3, 0.4) is 0 Å². The van der Waals surface area contributed by atoms with Gasteiger partial charge < -0.3 is 15.1 Å². The summed E-state index contributed by atoms with van der Waals surface area (Å²) in [5.41, 5.74) is 2.54. The highest BCUT2D eigenvalue weighted by molar-refractivity contribution is 6.02. The van der Waals surface area contributed by atoms with Gasteiger partial charge in [0.05, 0.1) is 5.56 Å². The van der Waals surface area contributed by atoms with Gasteiger partial charge in [-0.25, -0.2) is 0 Å². The number of carbonyl (C=O) groups excluding carboxylic acids is 2. The average Bonchev–Trinajstić information content (AvgIpc) is 3.42. The molecule has 1 saturated carbocycles. The lowest BCUT2D eigenvalue weighted by atomic mass is 9.88. The minimum atomic E-state index is 0.114. The van der Waals surface area contributed by atoms with Crippen LogP contribution in [-0.2, 0) is 4.79 Å². The summed E-state index contributed by atoms with van der Waals surface area (Å²) in [5.74, 6) is 0.348. The maximum absolute atomic E-state index is 13.2. The van der Waals surface area contributed by atoms with E-state index in [0.29, 0.717) is 0 Å². The first-order valence-electron chi connectivity index (χ1n) is 10.7. The Labute approximate surface area is 162 Å². The molecular formula is C22H31N3O2. The number of amides is 2. The molecule has 2 saturated heterocycles. The van der Waals surface area contributed by atoms with Crippen molar-refractivity contribution in [3.63, 3.8) is 0 Å². The van der Waals surface area contributed by atoms with Gasteiger partial charge in [0.1, 0.15) is 0 Å². The highest BCUT2D eigenvalue weighted by Crippen LogP contribution is 2.30. The van der Waals surface area contributed by atoms with Crippen molar-refractivity contribution in [1.29, 1.82) is 0 Å². The van der Waals surface area contributed by atoms with Crippen LogP contribution in [0.15, 0.2) is 18.2 Å². The lowest BCUT2D eigenvalue weighted by Crippen LogP contribution is -2.30. The highest BCUT2D eigenvalue weighted by atomic mass is 16.2. The van der Waals surface area contributed by atoms with Crippen LogP contribution in [0.1, 0.15) is 68.1 Å². The van der Waals surface area contributed by atoms with Gasteiger partial charge in [0.15, 0.2) is 0 Å². The van der Waals surface area contributed by atoms with Gasteiger partial charge >= 0.3 is 0 Å². The number of likely N-dealkylation sites (tertiary alicyclic amines) is 1. The molecule has 1 aromatic rings. The number of nitrogens with zero attached hydrogens (tertiary/aromatic N) is 2. The second-order valence-electron chi connectivity index (χ2n) is 8.25. The number of benzene rings is 1. The number of carbonyl (C=O) groups is 2. The smallest absolute Gasteiger partial charge is 0.256 e. The Morgan fingerprint density at radius 1 is 0.852 bits per heavy atom. The molecule has 0 spiro atoms. The predicted octanol–water partition coefficient (Wildman–Crippen LogP) is 4.04. The molecule has 2 amide bonds. The van der Waals surface area contributed by atoms with Gasteiger partial charge in [-0.15, -0.1) is 0 Å². The summed E-state index contributed by atoms with van der Waals surface area (Å²) in [6.45, 7) is 3.70. The predicted molar refractivity (Wildman–Crippen MR) is 108 cm³/mol. The fourth-order valence-electron chi connectivity index (χ4n) is 4.72. The number of hydrogen-bond acceptors (Lipinski definition) is 3. The Balaban J connectivity index is 1.56. The number of nitrogens with one attached hydrogen (secondary N) is 1. The van der Waals surface area contributed by atoms with Crippen molar-refractivity contribution in [3.05, 3.63) is 23.8 Å². The van der Waals surface area contributed by atoms with Gasteiger partial charge in [0.25, 0.3) is 5.91 Å². The third-order valence-electron chi connectivity index (χ3n) is 6.31. The van der Waals surface area contributed by atoms with E-state index in [1.165, 1.54) is 19.3 Å². The Morgan fingerprint density at radius 2 is 1.52 bits per heavy atom. The molecule has 1 aliphatic carbocycles. The van der Waals surface area contributed by atoms with Crippen LogP contribution in [0.5, 0.6) is 0 Å². The van der Waals surface area contributed by atoms with Gasteiger partial charge in [-0.3, -0.25) is 9.59 Å². The average molecular weight is 370 g/mol. The molecule has 2 heterocycles. The summed E-state index contributed by atoms with van der Waals surface area (Å²) in [4.78, 5) is 30.1. The van der Waals surface area contributed by atoms with Crippen LogP contribution >= 0.6 is 0 Å². The molecular weight excluding hydrogens is 338 g/mol. The van der Waals surface area contributed by atoms with E-state index in [2.05, 4.69) is 10.2 Å². The lowest BCUT2D eigenvalue weighted by Gasteiger charge is -2.25. The standard InChI is InChI=1S/C22H31N3O2/c26-21(17-8-2-1-3-9-17)23-18-10-11-20(24-12-4-5-13-24)19(16-18)22(27)25-14-6-7-15-25/h10-11,16-17H,1-9,12-15H2,(H,23,26). The zero-order chi connectivity index (χ0) is 18.6. The van der Waals surface area contributed by atoms with Crippen molar-refractivity contribution in [2.75, 3.05) is 36.4 Å². The van der Waals surface area contributed by atoms with Crippen molar-refractivity contribution >= 4 is 23.2 Å². The normalized spacial score (nSPS) is 20.9. The van der Waals surface area contributed by atoms with E-state index in [1.54, 1.807) is 0 Å². The first-order valence-corrected chi connectivity index (χ1v) is 10.7. The molecule has 3 fully saturated rings. The Bertz CT molecular complexity index is 685. The Morgan fingerprint density at radius 3 is 2.22 bits per heavy atom. The van der Waals surface area contributed by atoms with Crippen LogP contribution in [0, 0.1) is 5.92 Å². The van der Waals surface area contributed by atoms with Crippen LogP contribution in [0.4, 0.5) is 11.4 Å². The van der Waals surface area contributed by atoms with E-state index in [1.807, 2.05) is 23.1 Å². The Kier molecular flexibility index (Phi) is 5.65. The lowest BCUT2D eigenvalue weighted by molar-refractivity contribution is -0.120. The third-order valence-corrected chi connectivity index (χ3v) is 6.31. The zero-order valence-electron chi connectivity index (χ0n) is 16.2. The Hall–Kier alpha value is -2.04. The molecule has 0 bridgehead atoms. The van der Waals surface area contributed by atoms with Gasteiger partial charge in [0.2, 0.25) is 5.91 Å². The van der Waals surface area contributed by atoms with Gasteiger partial charge in [-0.05, 0) is 56.7 Å². The summed E-state index contributed by atoms with van der Waals surface area (Å²) in [6.07, 6.45) is 10.0. The first kappa shape index (κ1) is 18.3. The summed E-state index contributed by atoms with van der Waals surface area (Å²) < 4.78 is 0. The number of hydrogen-bond donors (Lipinski definition) is 1. The van der Waals surface area contributed by atoms with Crippen LogP contribution in [-0.4, -0.2) is 42.9 Å². The van der Waals surface area contributed by atoms with Crippen molar-refractivity contribution < 1.29 is 9.59 Å². The molecule has 27 heavy (non-hydrogen) atoms. The maximum Gasteiger partial charge on any atom is 0.256 e. The maximum atomic E-state index is 13.2. The van der Waals surface area contributed by atoms with Gasteiger partial charge in [-0.1, -0.05) is 19.3 Å². The molecule has 3 aliphatic rings. The first-order chi connectivity index (χ1) is 13.2. The van der Waals surface area contributed by atoms with E-state index >= 15 is 0 Å². The van der Waals surface area contributed by atoms with E-state index in [4.69, 9.17) is 0 Å². The van der Waals surface area contributed by atoms with Crippen molar-refractivity contribution in [2.45, 2.75) is 57.8 Å². The van der Waals surface area contributed by atoms with E-state index in [-0.39, 0.29) is 17.7 Å². The molecule has 1 aromatic carbocycles. The molecule has 0 aromatic heterocycles. The largest absolute Gasteiger partial charge is 0.371 e. The van der Waals surface area contributed by atoms with Gasteiger partial charge in [0, 0.05) is 43.5 Å². The molecule has 5 nitrogen and oxygen atoms in total. The molecule has 0 unspecified atom stereocenters. The summed E-state index contributed by atoms with van der Waals surface area (Å²) >= 11 is 0. The highest BCUT2D eigenvalue weighted by Gasteiger charge is 2.26. The van der Waals surface area contributed by atoms with Gasteiger partial charge in [-0.2, -0.15) is 0 Å². The molecule has 2 aliphatic heterocycles. The van der Waals surface area contributed by atoms with E-state index in [0.717, 1.165) is 81.6 Å². The fraction of sp³-hybridized carbons (Fsp3) is 0.636. The van der Waals surface area contributed by atoms with E-state index < -0.39 is 0 Å². The number of anilines is 2. The van der Waals surface area contributed by atoms with E-state index in [9.17, 15) is 9.59 Å². The molecule has 0 atom stereocenters. The second-order valence-corrected chi connectivity index (χ2v) is 8.25. The fourth-order valence-corrected chi connectivity index (χ4v) is 4.72. The SMILES string of the molecule is O=C(Nc1ccc(N2CCCC2)c(C(=O)N2CCCC2)c1)C1CCCCC1. The van der Waals surface area contributed by atoms with Crippen LogP contribution in [0.25, 0.3) is 0 Å². The van der Waals surface area contributed by atoms with Crippen LogP contribution in [0.2, 0.25) is 0 Å². The second kappa shape index (κ2) is 8.32. The molecule has 0 radical (unpaired) electrons. The summed E-state index contributed by atoms with van der Waals surface area (Å²) in [5, 5.41) is 3.09. The summed E-state index contributed by atoms with van der Waals surface area (Å²) in [7, 11) is 0. The monoisotopic (exact) mass is 369 g/mol. The summed E-state index contributed by atoms with van der Waals surface area (Å²) in [6, 6.07) is 5.91.